The van der Waals surface area contributed by atoms with Crippen LogP contribution in [-0.2, 0) is 11.3 Å². The minimum absolute atomic E-state index is 0.747. The maximum atomic E-state index is 5.09. The van der Waals surface area contributed by atoms with Gasteiger partial charge in [0.2, 0.25) is 0 Å². The molecule has 1 heterocycles. The lowest BCUT2D eigenvalue weighted by Crippen LogP contribution is -2.27. The lowest BCUT2D eigenvalue weighted by atomic mass is 10.4. The van der Waals surface area contributed by atoms with E-state index in [0.717, 1.165) is 50.7 Å². The summed E-state index contributed by atoms with van der Waals surface area (Å²) in [5.74, 6) is 0.848. The van der Waals surface area contributed by atoms with Gasteiger partial charge in [0.1, 0.15) is 5.82 Å². The van der Waals surface area contributed by atoms with Gasteiger partial charge in [-0.3, -0.25) is 9.88 Å². The van der Waals surface area contributed by atoms with Crippen LogP contribution in [0.5, 0.6) is 0 Å². The second kappa shape index (κ2) is 8.83. The summed E-state index contributed by atoms with van der Waals surface area (Å²) in [6.45, 7) is 8.68. The third kappa shape index (κ3) is 5.42. The van der Waals surface area contributed by atoms with Gasteiger partial charge < -0.3 is 10.1 Å². The van der Waals surface area contributed by atoms with E-state index in [1.165, 1.54) is 0 Å². The molecule has 0 spiro atoms. The lowest BCUT2D eigenvalue weighted by molar-refractivity contribution is 0.146. The van der Waals surface area contributed by atoms with Crippen molar-refractivity contribution in [3.63, 3.8) is 0 Å². The highest BCUT2D eigenvalue weighted by Gasteiger charge is 2.05. The van der Waals surface area contributed by atoms with Gasteiger partial charge in [-0.25, -0.2) is 4.98 Å². The van der Waals surface area contributed by atoms with Crippen molar-refractivity contribution >= 4 is 5.82 Å². The Morgan fingerprint density at radius 1 is 1.28 bits per heavy atom. The summed E-state index contributed by atoms with van der Waals surface area (Å²) in [7, 11) is 1.72. The van der Waals surface area contributed by atoms with E-state index in [1.54, 1.807) is 13.3 Å². The van der Waals surface area contributed by atoms with E-state index >= 15 is 0 Å². The molecule has 0 atom stereocenters. The first-order valence-corrected chi connectivity index (χ1v) is 6.56. The Labute approximate surface area is 110 Å². The minimum Gasteiger partial charge on any atom is -0.383 e. The Morgan fingerprint density at radius 3 is 2.67 bits per heavy atom. The molecule has 0 aromatic carbocycles. The molecule has 0 bridgehead atoms. The summed E-state index contributed by atoms with van der Waals surface area (Å²) in [6.07, 6.45) is 4.73. The molecule has 5 heteroatoms. The van der Waals surface area contributed by atoms with Crippen LogP contribution in [0.2, 0.25) is 0 Å². The molecular formula is C13H24N4O. The van der Waals surface area contributed by atoms with Crippen molar-refractivity contribution in [3.8, 4) is 0 Å². The Hall–Kier alpha value is -1.20. The zero-order valence-corrected chi connectivity index (χ0v) is 11.6. The SMILES string of the molecule is CCCNc1cnc(CN(CC)CCOC)cn1. The molecule has 0 unspecified atom stereocenters. The van der Waals surface area contributed by atoms with Crippen molar-refractivity contribution in [1.29, 1.82) is 0 Å². The van der Waals surface area contributed by atoms with Crippen LogP contribution in [0.4, 0.5) is 5.82 Å². The van der Waals surface area contributed by atoms with Gasteiger partial charge in [-0.05, 0) is 13.0 Å². The van der Waals surface area contributed by atoms with Crippen molar-refractivity contribution in [2.75, 3.05) is 38.7 Å². The number of hydrogen-bond acceptors (Lipinski definition) is 5. The predicted molar refractivity (Wildman–Crippen MR) is 73.6 cm³/mol. The second-order valence-electron chi connectivity index (χ2n) is 4.18. The van der Waals surface area contributed by atoms with Crippen LogP contribution in [0.15, 0.2) is 12.4 Å². The maximum Gasteiger partial charge on any atom is 0.144 e. The number of anilines is 1. The van der Waals surface area contributed by atoms with Crippen LogP contribution < -0.4 is 5.32 Å². The van der Waals surface area contributed by atoms with Gasteiger partial charge in [-0.2, -0.15) is 0 Å². The van der Waals surface area contributed by atoms with Crippen LogP contribution in [0.3, 0.4) is 0 Å². The number of likely N-dealkylation sites (N-methyl/N-ethyl adjacent to an activating group) is 1. The molecule has 1 N–H and O–H groups in total. The average Bonchev–Trinajstić information content (AvgIpc) is 2.42. The van der Waals surface area contributed by atoms with Gasteiger partial charge in [0, 0.05) is 26.7 Å². The van der Waals surface area contributed by atoms with Crippen molar-refractivity contribution in [1.82, 2.24) is 14.9 Å². The number of hydrogen-bond donors (Lipinski definition) is 1. The third-order valence-corrected chi connectivity index (χ3v) is 2.71. The fraction of sp³-hybridized carbons (Fsp3) is 0.692. The highest BCUT2D eigenvalue weighted by Crippen LogP contribution is 2.04. The first-order valence-electron chi connectivity index (χ1n) is 6.56. The number of nitrogens with zero attached hydrogens (tertiary/aromatic N) is 3. The fourth-order valence-corrected chi connectivity index (χ4v) is 1.58. The first-order chi connectivity index (χ1) is 8.80. The number of methoxy groups -OCH3 is 1. The van der Waals surface area contributed by atoms with Gasteiger partial charge in [0.15, 0.2) is 0 Å². The van der Waals surface area contributed by atoms with E-state index in [2.05, 4.69) is 34.0 Å². The summed E-state index contributed by atoms with van der Waals surface area (Å²) in [5.41, 5.74) is 0.995. The molecule has 0 saturated heterocycles. The van der Waals surface area contributed by atoms with Crippen LogP contribution in [0.1, 0.15) is 26.0 Å². The predicted octanol–water partition coefficient (Wildman–Crippen LogP) is 1.77. The van der Waals surface area contributed by atoms with E-state index in [0.29, 0.717) is 0 Å². The Bertz CT molecular complexity index is 315. The van der Waals surface area contributed by atoms with Crippen molar-refractivity contribution in [3.05, 3.63) is 18.1 Å². The first kappa shape index (κ1) is 14.9. The zero-order chi connectivity index (χ0) is 13.2. The highest BCUT2D eigenvalue weighted by molar-refractivity contribution is 5.30. The quantitative estimate of drug-likeness (QED) is 0.726. The monoisotopic (exact) mass is 252 g/mol. The van der Waals surface area contributed by atoms with E-state index in [4.69, 9.17) is 4.74 Å². The third-order valence-electron chi connectivity index (χ3n) is 2.71. The molecule has 0 amide bonds. The molecule has 102 valence electrons. The Kier molecular flexibility index (Phi) is 7.29. The lowest BCUT2D eigenvalue weighted by Gasteiger charge is -2.19. The van der Waals surface area contributed by atoms with Crippen LogP contribution in [-0.4, -0.2) is 48.2 Å². The Balaban J connectivity index is 2.45. The number of rotatable bonds is 9. The van der Waals surface area contributed by atoms with E-state index in [-0.39, 0.29) is 0 Å². The summed E-state index contributed by atoms with van der Waals surface area (Å²) >= 11 is 0. The summed E-state index contributed by atoms with van der Waals surface area (Å²) in [6, 6.07) is 0. The molecule has 1 rings (SSSR count). The minimum atomic E-state index is 0.747. The molecule has 0 saturated carbocycles. The molecule has 0 radical (unpaired) electrons. The molecule has 1 aromatic rings. The largest absolute Gasteiger partial charge is 0.383 e. The summed E-state index contributed by atoms with van der Waals surface area (Å²) < 4.78 is 5.09. The smallest absolute Gasteiger partial charge is 0.144 e. The van der Waals surface area contributed by atoms with Crippen LogP contribution in [0.25, 0.3) is 0 Å². The Morgan fingerprint density at radius 2 is 2.11 bits per heavy atom. The van der Waals surface area contributed by atoms with Gasteiger partial charge in [-0.1, -0.05) is 13.8 Å². The van der Waals surface area contributed by atoms with E-state index in [9.17, 15) is 0 Å². The van der Waals surface area contributed by atoms with Crippen molar-refractivity contribution in [2.24, 2.45) is 0 Å². The number of ether oxygens (including phenoxy) is 1. The molecule has 5 nitrogen and oxygen atoms in total. The van der Waals surface area contributed by atoms with Gasteiger partial charge >= 0.3 is 0 Å². The van der Waals surface area contributed by atoms with Crippen molar-refractivity contribution in [2.45, 2.75) is 26.8 Å². The van der Waals surface area contributed by atoms with Crippen LogP contribution in [0, 0.1) is 0 Å². The molecule has 0 aliphatic heterocycles. The average molecular weight is 252 g/mol. The standard InChI is InChI=1S/C13H24N4O/c1-4-6-14-13-10-15-12(9-16-13)11-17(5-2)7-8-18-3/h9-10H,4-8,11H2,1-3H3,(H,14,16). The number of aromatic nitrogens is 2. The molecular weight excluding hydrogens is 228 g/mol. The van der Waals surface area contributed by atoms with Gasteiger partial charge in [0.25, 0.3) is 0 Å². The van der Waals surface area contributed by atoms with E-state index in [1.807, 2.05) is 6.20 Å². The zero-order valence-electron chi connectivity index (χ0n) is 11.6. The fourth-order valence-electron chi connectivity index (χ4n) is 1.58. The van der Waals surface area contributed by atoms with E-state index < -0.39 is 0 Å². The van der Waals surface area contributed by atoms with Crippen LogP contribution >= 0.6 is 0 Å². The summed E-state index contributed by atoms with van der Waals surface area (Å²) in [4.78, 5) is 11.1. The normalized spacial score (nSPS) is 10.9. The topological polar surface area (TPSA) is 50.3 Å². The summed E-state index contributed by atoms with van der Waals surface area (Å²) in [5, 5.41) is 3.22. The van der Waals surface area contributed by atoms with Gasteiger partial charge in [-0.15, -0.1) is 0 Å². The molecule has 18 heavy (non-hydrogen) atoms. The molecule has 0 aliphatic carbocycles. The number of nitrogens with one attached hydrogen (secondary N) is 1. The maximum absolute atomic E-state index is 5.09. The molecule has 0 fully saturated rings. The van der Waals surface area contributed by atoms with Crippen molar-refractivity contribution < 1.29 is 4.74 Å². The highest BCUT2D eigenvalue weighted by atomic mass is 16.5. The second-order valence-corrected chi connectivity index (χ2v) is 4.18. The molecule has 0 aliphatic rings. The van der Waals surface area contributed by atoms with Gasteiger partial charge in [0.05, 0.1) is 24.7 Å². The molecule has 1 aromatic heterocycles.